The lowest BCUT2D eigenvalue weighted by atomic mass is 9.74. The zero-order valence-corrected chi connectivity index (χ0v) is 14.5. The third-order valence-electron chi connectivity index (χ3n) is 5.66. The molecular formula is C19H26N2O4. The van der Waals surface area contributed by atoms with Crippen LogP contribution in [0.3, 0.4) is 0 Å². The van der Waals surface area contributed by atoms with Crippen molar-refractivity contribution in [1.29, 1.82) is 0 Å². The number of hydrogen-bond acceptors (Lipinski definition) is 5. The van der Waals surface area contributed by atoms with Gasteiger partial charge in [0.2, 0.25) is 12.7 Å². The van der Waals surface area contributed by atoms with E-state index in [2.05, 4.69) is 22.8 Å². The predicted molar refractivity (Wildman–Crippen MR) is 92.9 cm³/mol. The Bertz CT molecular complexity index is 622. The minimum atomic E-state index is -0.108. The van der Waals surface area contributed by atoms with Crippen LogP contribution in [-0.4, -0.2) is 45.0 Å². The van der Waals surface area contributed by atoms with Gasteiger partial charge in [0.25, 0.3) is 0 Å². The Hall–Kier alpha value is -1.79. The Labute approximate surface area is 148 Å². The van der Waals surface area contributed by atoms with E-state index in [1.807, 2.05) is 6.07 Å². The van der Waals surface area contributed by atoms with Crippen LogP contribution in [0.15, 0.2) is 18.2 Å². The van der Waals surface area contributed by atoms with Crippen molar-refractivity contribution in [3.8, 4) is 11.5 Å². The second-order valence-corrected chi connectivity index (χ2v) is 7.18. The summed E-state index contributed by atoms with van der Waals surface area (Å²) in [4.78, 5) is 12.6. The molecule has 3 heterocycles. The number of piperidine rings is 1. The fourth-order valence-electron chi connectivity index (χ4n) is 4.01. The number of carbonyl (C=O) groups excluding carboxylic acids is 1. The molecule has 6 heteroatoms. The molecule has 4 rings (SSSR count). The molecule has 0 bridgehead atoms. The van der Waals surface area contributed by atoms with Crippen molar-refractivity contribution in [2.24, 2.45) is 0 Å². The highest BCUT2D eigenvalue weighted by atomic mass is 16.7. The number of rotatable bonds is 4. The van der Waals surface area contributed by atoms with Crippen molar-refractivity contribution in [2.45, 2.75) is 43.6 Å². The van der Waals surface area contributed by atoms with Gasteiger partial charge in [-0.1, -0.05) is 12.5 Å². The number of ether oxygens (including phenoxy) is 3. The maximum Gasteiger partial charge on any atom is 0.237 e. The van der Waals surface area contributed by atoms with Crippen LogP contribution in [0.1, 0.15) is 37.7 Å². The van der Waals surface area contributed by atoms with Crippen molar-refractivity contribution < 1.29 is 19.0 Å². The molecule has 1 aromatic rings. The highest BCUT2D eigenvalue weighted by Gasteiger charge is 2.36. The molecule has 0 radical (unpaired) electrons. The number of carbonyl (C=O) groups is 1. The zero-order valence-electron chi connectivity index (χ0n) is 14.5. The average molecular weight is 346 g/mol. The standard InChI is InChI=1S/C19H26N2O4/c22-18(15-3-1-2-8-20-15)21-12-19(6-9-23-10-7-19)14-4-5-16-17(11-14)25-13-24-16/h4-5,11,15,20H,1-3,6-10,12-13H2,(H,21,22). The molecule has 1 aromatic carbocycles. The van der Waals surface area contributed by atoms with Crippen molar-refractivity contribution in [1.82, 2.24) is 10.6 Å². The minimum absolute atomic E-state index is 0.0533. The van der Waals surface area contributed by atoms with Crippen LogP contribution >= 0.6 is 0 Å². The summed E-state index contributed by atoms with van der Waals surface area (Å²) in [5.41, 5.74) is 1.08. The Balaban J connectivity index is 1.50. The summed E-state index contributed by atoms with van der Waals surface area (Å²) in [7, 11) is 0. The van der Waals surface area contributed by atoms with Gasteiger partial charge in [0.15, 0.2) is 11.5 Å². The Morgan fingerprint density at radius 3 is 2.84 bits per heavy atom. The summed E-state index contributed by atoms with van der Waals surface area (Å²) in [6, 6.07) is 6.09. The number of amides is 1. The van der Waals surface area contributed by atoms with Gasteiger partial charge in [-0.2, -0.15) is 0 Å². The first-order valence-electron chi connectivity index (χ1n) is 9.26. The van der Waals surface area contributed by atoms with E-state index in [1.54, 1.807) is 0 Å². The van der Waals surface area contributed by atoms with Gasteiger partial charge in [0.05, 0.1) is 6.04 Å². The zero-order chi connectivity index (χ0) is 17.1. The monoisotopic (exact) mass is 346 g/mol. The summed E-state index contributed by atoms with van der Waals surface area (Å²) in [6.07, 6.45) is 4.98. The van der Waals surface area contributed by atoms with E-state index in [-0.39, 0.29) is 24.2 Å². The molecule has 1 amide bonds. The maximum absolute atomic E-state index is 12.6. The number of nitrogens with one attached hydrogen (secondary N) is 2. The molecular weight excluding hydrogens is 320 g/mol. The molecule has 3 aliphatic heterocycles. The smallest absolute Gasteiger partial charge is 0.237 e. The Morgan fingerprint density at radius 1 is 1.20 bits per heavy atom. The summed E-state index contributed by atoms with van der Waals surface area (Å²) in [5, 5.41) is 6.52. The average Bonchev–Trinajstić information content (AvgIpc) is 3.15. The number of hydrogen-bond donors (Lipinski definition) is 2. The van der Waals surface area contributed by atoms with Crippen molar-refractivity contribution >= 4 is 5.91 Å². The maximum atomic E-state index is 12.6. The van der Waals surface area contributed by atoms with E-state index in [1.165, 1.54) is 5.56 Å². The highest BCUT2D eigenvalue weighted by Crippen LogP contribution is 2.40. The first-order valence-corrected chi connectivity index (χ1v) is 9.26. The molecule has 0 spiro atoms. The molecule has 1 atom stereocenters. The van der Waals surface area contributed by atoms with Gasteiger partial charge in [0, 0.05) is 25.2 Å². The molecule has 2 fully saturated rings. The van der Waals surface area contributed by atoms with E-state index in [4.69, 9.17) is 14.2 Å². The van der Waals surface area contributed by atoms with Gasteiger partial charge in [-0.25, -0.2) is 0 Å². The van der Waals surface area contributed by atoms with E-state index in [0.717, 1.165) is 50.1 Å². The molecule has 0 saturated carbocycles. The van der Waals surface area contributed by atoms with Crippen molar-refractivity contribution in [3.63, 3.8) is 0 Å². The molecule has 0 aliphatic carbocycles. The molecule has 6 nitrogen and oxygen atoms in total. The fraction of sp³-hybridized carbons (Fsp3) is 0.632. The lowest BCUT2D eigenvalue weighted by molar-refractivity contribution is -0.124. The molecule has 0 aromatic heterocycles. The van der Waals surface area contributed by atoms with Crippen LogP contribution in [0.5, 0.6) is 11.5 Å². The van der Waals surface area contributed by atoms with Crippen molar-refractivity contribution in [3.05, 3.63) is 23.8 Å². The van der Waals surface area contributed by atoms with Gasteiger partial charge in [-0.05, 0) is 49.9 Å². The SMILES string of the molecule is O=C(NCC1(c2ccc3c(c2)OCO3)CCOCC1)C1CCCCN1. The Morgan fingerprint density at radius 2 is 2.04 bits per heavy atom. The van der Waals surface area contributed by atoms with Gasteiger partial charge >= 0.3 is 0 Å². The van der Waals surface area contributed by atoms with Gasteiger partial charge in [0.1, 0.15) is 0 Å². The first kappa shape index (κ1) is 16.7. The van der Waals surface area contributed by atoms with E-state index in [9.17, 15) is 4.79 Å². The lowest BCUT2D eigenvalue weighted by Crippen LogP contribution is -2.51. The van der Waals surface area contributed by atoms with Crippen LogP contribution in [-0.2, 0) is 14.9 Å². The van der Waals surface area contributed by atoms with Gasteiger partial charge in [-0.15, -0.1) is 0 Å². The predicted octanol–water partition coefficient (Wildman–Crippen LogP) is 1.72. The van der Waals surface area contributed by atoms with Crippen LogP contribution in [0.2, 0.25) is 0 Å². The molecule has 136 valence electrons. The van der Waals surface area contributed by atoms with Gasteiger partial charge in [-0.3, -0.25) is 4.79 Å². The van der Waals surface area contributed by atoms with Crippen LogP contribution in [0, 0.1) is 0 Å². The number of fused-ring (bicyclic) bond motifs is 1. The van der Waals surface area contributed by atoms with E-state index in [0.29, 0.717) is 19.8 Å². The first-order chi connectivity index (χ1) is 12.3. The lowest BCUT2D eigenvalue weighted by Gasteiger charge is -2.38. The minimum Gasteiger partial charge on any atom is -0.454 e. The Kier molecular flexibility index (Phi) is 4.81. The third-order valence-corrected chi connectivity index (χ3v) is 5.66. The summed E-state index contributed by atoms with van der Waals surface area (Å²) < 4.78 is 16.6. The van der Waals surface area contributed by atoms with Gasteiger partial charge < -0.3 is 24.8 Å². The normalized spacial score (nSPS) is 24.7. The van der Waals surface area contributed by atoms with Crippen LogP contribution < -0.4 is 20.1 Å². The molecule has 2 saturated heterocycles. The molecule has 25 heavy (non-hydrogen) atoms. The summed E-state index contributed by atoms with van der Waals surface area (Å²) >= 11 is 0. The second kappa shape index (κ2) is 7.22. The van der Waals surface area contributed by atoms with Crippen LogP contribution in [0.4, 0.5) is 0 Å². The van der Waals surface area contributed by atoms with Crippen molar-refractivity contribution in [2.75, 3.05) is 33.1 Å². The topological polar surface area (TPSA) is 68.8 Å². The van der Waals surface area contributed by atoms with Crippen LogP contribution in [0.25, 0.3) is 0 Å². The van der Waals surface area contributed by atoms with E-state index < -0.39 is 0 Å². The summed E-state index contributed by atoms with van der Waals surface area (Å²) in [5.74, 6) is 1.70. The molecule has 3 aliphatic rings. The quantitative estimate of drug-likeness (QED) is 0.869. The second-order valence-electron chi connectivity index (χ2n) is 7.18. The largest absolute Gasteiger partial charge is 0.454 e. The third kappa shape index (κ3) is 3.46. The number of benzene rings is 1. The highest BCUT2D eigenvalue weighted by molar-refractivity contribution is 5.82. The fourth-order valence-corrected chi connectivity index (χ4v) is 4.01. The summed E-state index contributed by atoms with van der Waals surface area (Å²) in [6.45, 7) is 3.27. The molecule has 1 unspecified atom stereocenters. The molecule has 2 N–H and O–H groups in total. The van der Waals surface area contributed by atoms with E-state index >= 15 is 0 Å².